The van der Waals surface area contributed by atoms with Gasteiger partial charge in [-0.15, -0.1) is 11.3 Å². The van der Waals surface area contributed by atoms with Gasteiger partial charge in [-0.1, -0.05) is 6.07 Å². The number of halogens is 1. The Bertz CT molecular complexity index is 742. The Labute approximate surface area is 127 Å². The van der Waals surface area contributed by atoms with E-state index in [9.17, 15) is 18.5 Å². The minimum absolute atomic E-state index is 0.123. The number of nitro benzene ring substituents is 1. The van der Waals surface area contributed by atoms with Crippen molar-refractivity contribution >= 4 is 43.0 Å². The molecule has 9 heteroatoms. The lowest BCUT2D eigenvalue weighted by atomic mass is 10.3. The number of non-ortho nitro benzene ring substituents is 1. The van der Waals surface area contributed by atoms with Crippen molar-refractivity contribution in [3.8, 4) is 0 Å². The van der Waals surface area contributed by atoms with Gasteiger partial charge in [-0.2, -0.15) is 0 Å². The molecule has 0 atom stereocenters. The Kier molecular flexibility index (Phi) is 4.53. The molecular formula is C11H9BrN2O4S2. The van der Waals surface area contributed by atoms with Crippen LogP contribution >= 0.6 is 27.3 Å². The fraction of sp³-hybridized carbons (Fsp3) is 0.0909. The molecule has 0 aliphatic carbocycles. The molecule has 0 fully saturated rings. The molecule has 2 rings (SSSR count). The number of hydrogen-bond donors (Lipinski definition) is 1. The zero-order valence-corrected chi connectivity index (χ0v) is 13.2. The van der Waals surface area contributed by atoms with Gasteiger partial charge in [0.2, 0.25) is 10.0 Å². The number of nitrogens with one attached hydrogen (secondary N) is 1. The lowest BCUT2D eigenvalue weighted by Gasteiger charge is -2.05. The summed E-state index contributed by atoms with van der Waals surface area (Å²) >= 11 is 4.69. The molecule has 6 nitrogen and oxygen atoms in total. The molecule has 0 saturated carbocycles. The van der Waals surface area contributed by atoms with Gasteiger partial charge in [0.1, 0.15) is 0 Å². The normalized spacial score (nSPS) is 11.4. The van der Waals surface area contributed by atoms with E-state index in [0.29, 0.717) is 0 Å². The standard InChI is InChI=1S/C11H9BrN2O4S2/c12-8-4-10(19-7-8)6-13-20(17,18)11-3-1-2-9(5-11)14(15)16/h1-5,7,13H,6H2. The van der Waals surface area contributed by atoms with E-state index in [-0.39, 0.29) is 17.1 Å². The van der Waals surface area contributed by atoms with Gasteiger partial charge in [-0.3, -0.25) is 10.1 Å². The number of nitro groups is 1. The summed E-state index contributed by atoms with van der Waals surface area (Å²) < 4.78 is 27.4. The molecule has 0 spiro atoms. The molecule has 106 valence electrons. The third-order valence-corrected chi connectivity index (χ3v) is 5.49. The Balaban J connectivity index is 2.17. The highest BCUT2D eigenvalue weighted by atomic mass is 79.9. The van der Waals surface area contributed by atoms with Crippen LogP contribution < -0.4 is 4.72 Å². The molecule has 0 saturated heterocycles. The molecule has 0 unspecified atom stereocenters. The molecule has 0 bridgehead atoms. The summed E-state index contributed by atoms with van der Waals surface area (Å²) in [4.78, 5) is 10.7. The summed E-state index contributed by atoms with van der Waals surface area (Å²) in [5.74, 6) is 0. The number of nitrogens with zero attached hydrogens (tertiary/aromatic N) is 1. The maximum Gasteiger partial charge on any atom is 0.270 e. The Hall–Kier alpha value is -1.29. The molecular weight excluding hydrogens is 368 g/mol. The zero-order chi connectivity index (χ0) is 14.8. The van der Waals surface area contributed by atoms with Crippen molar-refractivity contribution in [2.75, 3.05) is 0 Å². The van der Waals surface area contributed by atoms with Crippen LogP contribution in [0.1, 0.15) is 4.88 Å². The predicted molar refractivity (Wildman–Crippen MR) is 79.1 cm³/mol. The smallest absolute Gasteiger partial charge is 0.258 e. The SMILES string of the molecule is O=[N+]([O-])c1cccc(S(=O)(=O)NCc2cc(Br)cs2)c1. The van der Waals surface area contributed by atoms with E-state index in [1.807, 2.05) is 5.38 Å². The van der Waals surface area contributed by atoms with Crippen molar-refractivity contribution in [3.63, 3.8) is 0 Å². The number of thiophene rings is 1. The van der Waals surface area contributed by atoms with Gasteiger partial charge in [0.15, 0.2) is 0 Å². The van der Waals surface area contributed by atoms with E-state index in [0.717, 1.165) is 15.4 Å². The van der Waals surface area contributed by atoms with E-state index in [2.05, 4.69) is 20.7 Å². The lowest BCUT2D eigenvalue weighted by molar-refractivity contribution is -0.385. The van der Waals surface area contributed by atoms with Crippen molar-refractivity contribution < 1.29 is 13.3 Å². The molecule has 20 heavy (non-hydrogen) atoms. The topological polar surface area (TPSA) is 89.3 Å². The summed E-state index contributed by atoms with van der Waals surface area (Å²) in [6.07, 6.45) is 0. The quantitative estimate of drug-likeness (QED) is 0.641. The molecule has 1 aromatic carbocycles. The monoisotopic (exact) mass is 376 g/mol. The highest BCUT2D eigenvalue weighted by Gasteiger charge is 2.17. The minimum atomic E-state index is -3.77. The van der Waals surface area contributed by atoms with Crippen LogP contribution in [0.25, 0.3) is 0 Å². The van der Waals surface area contributed by atoms with Gasteiger partial charge < -0.3 is 0 Å². The Morgan fingerprint density at radius 1 is 1.35 bits per heavy atom. The third-order valence-electron chi connectivity index (χ3n) is 2.40. The second kappa shape index (κ2) is 6.00. The fourth-order valence-corrected chi connectivity index (χ4v) is 3.99. The van der Waals surface area contributed by atoms with Crippen molar-refractivity contribution in [1.29, 1.82) is 0 Å². The van der Waals surface area contributed by atoms with Crippen molar-refractivity contribution in [3.05, 3.63) is 55.2 Å². The van der Waals surface area contributed by atoms with Gasteiger partial charge in [-0.25, -0.2) is 13.1 Å². The summed E-state index contributed by atoms with van der Waals surface area (Å²) in [6, 6.07) is 6.75. The lowest BCUT2D eigenvalue weighted by Crippen LogP contribution is -2.22. The predicted octanol–water partition coefficient (Wildman–Crippen LogP) is 2.90. The highest BCUT2D eigenvalue weighted by Crippen LogP contribution is 2.21. The Morgan fingerprint density at radius 3 is 2.70 bits per heavy atom. The number of hydrogen-bond acceptors (Lipinski definition) is 5. The van der Waals surface area contributed by atoms with Crippen LogP contribution in [-0.2, 0) is 16.6 Å². The Morgan fingerprint density at radius 2 is 2.10 bits per heavy atom. The van der Waals surface area contributed by atoms with Crippen LogP contribution in [0.5, 0.6) is 0 Å². The van der Waals surface area contributed by atoms with E-state index in [4.69, 9.17) is 0 Å². The highest BCUT2D eigenvalue weighted by molar-refractivity contribution is 9.10. The molecule has 1 aromatic heterocycles. The second-order valence-electron chi connectivity index (χ2n) is 3.81. The van der Waals surface area contributed by atoms with Crippen LogP contribution in [0.4, 0.5) is 5.69 Å². The molecule has 1 heterocycles. The van der Waals surface area contributed by atoms with Crippen molar-refractivity contribution in [2.24, 2.45) is 0 Å². The first-order chi connectivity index (χ1) is 9.38. The van der Waals surface area contributed by atoms with Gasteiger partial charge in [0.05, 0.1) is 9.82 Å². The number of sulfonamides is 1. The van der Waals surface area contributed by atoms with Crippen molar-refractivity contribution in [2.45, 2.75) is 11.4 Å². The molecule has 1 N–H and O–H groups in total. The summed E-state index contributed by atoms with van der Waals surface area (Å²) in [5.41, 5.74) is -0.258. The summed E-state index contributed by atoms with van der Waals surface area (Å²) in [5, 5.41) is 12.5. The first kappa shape index (κ1) is 15.1. The molecule has 0 aliphatic rings. The average molecular weight is 377 g/mol. The summed E-state index contributed by atoms with van der Waals surface area (Å²) in [6.45, 7) is 0.140. The first-order valence-corrected chi connectivity index (χ1v) is 8.51. The van der Waals surface area contributed by atoms with E-state index in [1.165, 1.54) is 29.5 Å². The van der Waals surface area contributed by atoms with E-state index < -0.39 is 14.9 Å². The van der Waals surface area contributed by atoms with Crippen LogP contribution in [0.2, 0.25) is 0 Å². The zero-order valence-electron chi connectivity index (χ0n) is 9.95. The maximum absolute atomic E-state index is 12.0. The van der Waals surface area contributed by atoms with Gasteiger partial charge >= 0.3 is 0 Å². The van der Waals surface area contributed by atoms with Crippen LogP contribution in [0, 0.1) is 10.1 Å². The van der Waals surface area contributed by atoms with Gasteiger partial charge in [0.25, 0.3) is 5.69 Å². The van der Waals surface area contributed by atoms with Crippen LogP contribution in [-0.4, -0.2) is 13.3 Å². The van der Waals surface area contributed by atoms with Gasteiger partial charge in [0, 0.05) is 33.4 Å². The number of rotatable bonds is 5. The number of benzene rings is 1. The maximum atomic E-state index is 12.0. The minimum Gasteiger partial charge on any atom is -0.258 e. The van der Waals surface area contributed by atoms with E-state index in [1.54, 1.807) is 6.07 Å². The molecule has 0 aliphatic heterocycles. The van der Waals surface area contributed by atoms with Gasteiger partial charge in [-0.05, 0) is 28.1 Å². The molecule has 0 amide bonds. The molecule has 2 aromatic rings. The van der Waals surface area contributed by atoms with Crippen LogP contribution in [0.3, 0.4) is 0 Å². The second-order valence-corrected chi connectivity index (χ2v) is 7.49. The third kappa shape index (κ3) is 3.63. The van der Waals surface area contributed by atoms with Crippen LogP contribution in [0.15, 0.2) is 45.1 Å². The molecule has 0 radical (unpaired) electrons. The average Bonchev–Trinajstić information content (AvgIpc) is 2.82. The van der Waals surface area contributed by atoms with E-state index >= 15 is 0 Å². The van der Waals surface area contributed by atoms with Crippen molar-refractivity contribution in [1.82, 2.24) is 4.72 Å². The summed E-state index contributed by atoms with van der Waals surface area (Å²) in [7, 11) is -3.77. The first-order valence-electron chi connectivity index (χ1n) is 5.35. The fourth-order valence-electron chi connectivity index (χ4n) is 1.46. The largest absolute Gasteiger partial charge is 0.270 e.